The first-order chi connectivity index (χ1) is 15.4. The van der Waals surface area contributed by atoms with Crippen LogP contribution in [0.1, 0.15) is 22.5 Å². The van der Waals surface area contributed by atoms with Gasteiger partial charge in [-0.25, -0.2) is 4.39 Å². The fourth-order valence-electron chi connectivity index (χ4n) is 3.97. The molecule has 0 spiro atoms. The largest absolute Gasteiger partial charge is 0.346 e. The zero-order valence-electron chi connectivity index (χ0n) is 18.3. The molecule has 0 bridgehead atoms. The normalized spacial score (nSPS) is 14.6. The standard InChI is InChI=1S/C24H27ClFN5S/c1-17-23(18(2)31(28-17)15-19-6-4-3-5-7-19)27-24(32)30-12-10-29(11-13-30)16-20-8-9-21(26)14-22(20)25/h3-9,14H,10-13,15-16H2,1-2H3,(H,27,32). The number of hydrogen-bond donors (Lipinski definition) is 1. The number of hydrogen-bond acceptors (Lipinski definition) is 3. The molecule has 4 rings (SSSR count). The Morgan fingerprint density at radius 2 is 1.78 bits per heavy atom. The van der Waals surface area contributed by atoms with Crippen LogP contribution in [-0.2, 0) is 13.1 Å². The van der Waals surface area contributed by atoms with E-state index in [9.17, 15) is 4.39 Å². The highest BCUT2D eigenvalue weighted by molar-refractivity contribution is 7.80. The van der Waals surface area contributed by atoms with Crippen molar-refractivity contribution in [2.75, 3.05) is 31.5 Å². The van der Waals surface area contributed by atoms with Gasteiger partial charge >= 0.3 is 0 Å². The third kappa shape index (κ3) is 5.28. The first-order valence-corrected chi connectivity index (χ1v) is 11.5. The number of anilines is 1. The van der Waals surface area contributed by atoms with Gasteiger partial charge in [-0.2, -0.15) is 5.10 Å². The number of halogens is 2. The van der Waals surface area contributed by atoms with Gasteiger partial charge in [-0.15, -0.1) is 0 Å². The predicted molar refractivity (Wildman–Crippen MR) is 132 cm³/mol. The second-order valence-electron chi connectivity index (χ2n) is 8.12. The lowest BCUT2D eigenvalue weighted by Gasteiger charge is -2.36. The van der Waals surface area contributed by atoms with Gasteiger partial charge in [-0.1, -0.05) is 48.0 Å². The molecule has 1 aromatic heterocycles. The lowest BCUT2D eigenvalue weighted by atomic mass is 10.2. The lowest BCUT2D eigenvalue weighted by molar-refractivity contribution is 0.177. The molecular formula is C24H27ClFN5S. The zero-order chi connectivity index (χ0) is 22.7. The SMILES string of the molecule is Cc1nn(Cc2ccccc2)c(C)c1NC(=S)N1CCN(Cc2ccc(F)cc2Cl)CC1. The summed E-state index contributed by atoms with van der Waals surface area (Å²) in [6.45, 7) is 8.87. The first-order valence-electron chi connectivity index (χ1n) is 10.7. The quantitative estimate of drug-likeness (QED) is 0.538. The van der Waals surface area contributed by atoms with E-state index in [-0.39, 0.29) is 5.82 Å². The Hall–Kier alpha value is -2.48. The van der Waals surface area contributed by atoms with E-state index in [2.05, 4.69) is 34.2 Å². The van der Waals surface area contributed by atoms with Crippen LogP contribution in [0.15, 0.2) is 48.5 Å². The van der Waals surface area contributed by atoms with Crippen LogP contribution in [0.3, 0.4) is 0 Å². The zero-order valence-corrected chi connectivity index (χ0v) is 19.9. The van der Waals surface area contributed by atoms with Crippen molar-refractivity contribution < 1.29 is 4.39 Å². The van der Waals surface area contributed by atoms with Crippen LogP contribution in [0.2, 0.25) is 5.02 Å². The Labute approximate surface area is 198 Å². The Balaban J connectivity index is 1.34. The molecule has 5 nitrogen and oxygen atoms in total. The van der Waals surface area contributed by atoms with Gasteiger partial charge in [0.1, 0.15) is 5.82 Å². The third-order valence-corrected chi connectivity index (χ3v) is 6.57. The molecular weight excluding hydrogens is 445 g/mol. The first kappa shape index (κ1) is 22.7. The maximum Gasteiger partial charge on any atom is 0.173 e. The van der Waals surface area contributed by atoms with Crippen LogP contribution in [-0.4, -0.2) is 50.9 Å². The maximum atomic E-state index is 13.3. The van der Waals surface area contributed by atoms with Crippen LogP contribution in [0.5, 0.6) is 0 Å². The second kappa shape index (κ2) is 9.98. The van der Waals surface area contributed by atoms with E-state index in [1.165, 1.54) is 17.7 Å². The smallest absolute Gasteiger partial charge is 0.173 e. The molecule has 1 aliphatic heterocycles. The van der Waals surface area contributed by atoms with Crippen molar-refractivity contribution in [3.05, 3.63) is 81.9 Å². The molecule has 2 aromatic carbocycles. The fraction of sp³-hybridized carbons (Fsp3) is 0.333. The molecule has 0 aliphatic carbocycles. The number of piperazine rings is 1. The van der Waals surface area contributed by atoms with Crippen molar-refractivity contribution >= 4 is 34.6 Å². The minimum atomic E-state index is -0.308. The van der Waals surface area contributed by atoms with Crippen LogP contribution < -0.4 is 5.32 Å². The van der Waals surface area contributed by atoms with Gasteiger partial charge in [-0.3, -0.25) is 9.58 Å². The van der Waals surface area contributed by atoms with Crippen LogP contribution in [0.4, 0.5) is 10.1 Å². The van der Waals surface area contributed by atoms with Crippen LogP contribution in [0.25, 0.3) is 0 Å². The molecule has 0 atom stereocenters. The highest BCUT2D eigenvalue weighted by Crippen LogP contribution is 2.22. The van der Waals surface area contributed by atoms with E-state index in [4.69, 9.17) is 28.9 Å². The van der Waals surface area contributed by atoms with Crippen molar-refractivity contribution in [3.63, 3.8) is 0 Å². The van der Waals surface area contributed by atoms with Crippen LogP contribution in [0, 0.1) is 19.7 Å². The van der Waals surface area contributed by atoms with Gasteiger partial charge in [0.15, 0.2) is 5.11 Å². The topological polar surface area (TPSA) is 36.3 Å². The van der Waals surface area contributed by atoms with Crippen molar-refractivity contribution in [1.82, 2.24) is 19.6 Å². The second-order valence-corrected chi connectivity index (χ2v) is 8.91. The Morgan fingerprint density at radius 1 is 1.06 bits per heavy atom. The molecule has 168 valence electrons. The average molecular weight is 472 g/mol. The summed E-state index contributed by atoms with van der Waals surface area (Å²) < 4.78 is 15.3. The molecule has 1 aliphatic rings. The van der Waals surface area contributed by atoms with E-state index in [1.54, 1.807) is 6.07 Å². The van der Waals surface area contributed by atoms with Crippen molar-refractivity contribution in [3.8, 4) is 0 Å². The van der Waals surface area contributed by atoms with Gasteiger partial charge in [0, 0.05) is 37.7 Å². The molecule has 0 amide bonds. The highest BCUT2D eigenvalue weighted by Gasteiger charge is 2.21. The van der Waals surface area contributed by atoms with E-state index in [0.29, 0.717) is 11.6 Å². The van der Waals surface area contributed by atoms with Gasteiger partial charge in [0.05, 0.1) is 23.6 Å². The van der Waals surface area contributed by atoms with Crippen molar-refractivity contribution in [1.29, 1.82) is 0 Å². The van der Waals surface area contributed by atoms with E-state index in [1.807, 2.05) is 29.8 Å². The molecule has 3 aromatic rings. The summed E-state index contributed by atoms with van der Waals surface area (Å²) in [7, 11) is 0. The number of rotatable bonds is 5. The summed E-state index contributed by atoms with van der Waals surface area (Å²) in [5.41, 5.74) is 5.14. The number of aryl methyl sites for hydroxylation is 1. The summed E-state index contributed by atoms with van der Waals surface area (Å²) in [5, 5.41) is 9.33. The minimum absolute atomic E-state index is 0.308. The molecule has 32 heavy (non-hydrogen) atoms. The Morgan fingerprint density at radius 3 is 2.47 bits per heavy atom. The summed E-state index contributed by atoms with van der Waals surface area (Å²) in [5.74, 6) is -0.308. The summed E-state index contributed by atoms with van der Waals surface area (Å²) in [4.78, 5) is 4.50. The van der Waals surface area contributed by atoms with Crippen molar-refractivity contribution in [2.24, 2.45) is 0 Å². The number of benzene rings is 2. The van der Waals surface area contributed by atoms with E-state index in [0.717, 1.165) is 60.5 Å². The Kier molecular flexibility index (Phi) is 7.08. The molecule has 1 saturated heterocycles. The summed E-state index contributed by atoms with van der Waals surface area (Å²) >= 11 is 11.9. The number of nitrogens with one attached hydrogen (secondary N) is 1. The van der Waals surface area contributed by atoms with Gasteiger partial charge in [-0.05, 0) is 49.3 Å². The maximum absolute atomic E-state index is 13.3. The van der Waals surface area contributed by atoms with Crippen molar-refractivity contribution in [2.45, 2.75) is 26.9 Å². The average Bonchev–Trinajstić information content (AvgIpc) is 3.04. The molecule has 8 heteroatoms. The lowest BCUT2D eigenvalue weighted by Crippen LogP contribution is -2.49. The molecule has 0 radical (unpaired) electrons. The summed E-state index contributed by atoms with van der Waals surface area (Å²) in [6, 6.07) is 14.9. The number of nitrogens with zero attached hydrogens (tertiary/aromatic N) is 4. The fourth-order valence-corrected chi connectivity index (χ4v) is 4.49. The van der Waals surface area contributed by atoms with Gasteiger partial charge in [0.25, 0.3) is 0 Å². The molecule has 2 heterocycles. The third-order valence-electron chi connectivity index (χ3n) is 5.86. The molecule has 1 N–H and O–H groups in total. The molecule has 0 saturated carbocycles. The highest BCUT2D eigenvalue weighted by atomic mass is 35.5. The summed E-state index contributed by atoms with van der Waals surface area (Å²) in [6.07, 6.45) is 0. The molecule has 1 fully saturated rings. The van der Waals surface area contributed by atoms with Crippen LogP contribution >= 0.6 is 23.8 Å². The van der Waals surface area contributed by atoms with E-state index >= 15 is 0 Å². The van der Waals surface area contributed by atoms with Gasteiger partial charge in [0.2, 0.25) is 0 Å². The monoisotopic (exact) mass is 471 g/mol. The molecule has 0 unspecified atom stereocenters. The number of aromatic nitrogens is 2. The predicted octanol–water partition coefficient (Wildman–Crippen LogP) is 4.86. The Bertz CT molecular complexity index is 1090. The minimum Gasteiger partial charge on any atom is -0.346 e. The van der Waals surface area contributed by atoms with E-state index < -0.39 is 0 Å². The van der Waals surface area contributed by atoms with Gasteiger partial charge < -0.3 is 10.2 Å². The number of thiocarbonyl (C=S) groups is 1.